The van der Waals surface area contributed by atoms with Crippen molar-refractivity contribution in [2.24, 2.45) is 4.99 Å². The lowest BCUT2D eigenvalue weighted by atomic mass is 9.99. The van der Waals surface area contributed by atoms with E-state index in [9.17, 15) is 9.18 Å². The molecule has 1 amide bonds. The van der Waals surface area contributed by atoms with Crippen LogP contribution >= 0.6 is 24.0 Å². The highest BCUT2D eigenvalue weighted by molar-refractivity contribution is 14.0. The van der Waals surface area contributed by atoms with Crippen LogP contribution in [-0.4, -0.2) is 62.0 Å². The van der Waals surface area contributed by atoms with Crippen LogP contribution in [0.15, 0.2) is 53.5 Å². The highest BCUT2D eigenvalue weighted by Crippen LogP contribution is 2.19. The molecule has 3 rings (SSSR count). The lowest BCUT2D eigenvalue weighted by molar-refractivity contribution is -0.132. The van der Waals surface area contributed by atoms with Gasteiger partial charge in [-0.1, -0.05) is 24.3 Å². The molecule has 2 aromatic carbocycles. The van der Waals surface area contributed by atoms with E-state index in [0.717, 1.165) is 25.3 Å². The summed E-state index contributed by atoms with van der Waals surface area (Å²) in [6.45, 7) is 3.26. The van der Waals surface area contributed by atoms with Crippen molar-refractivity contribution >= 4 is 35.8 Å². The van der Waals surface area contributed by atoms with Gasteiger partial charge in [0.25, 0.3) is 0 Å². The van der Waals surface area contributed by atoms with Gasteiger partial charge in [0.1, 0.15) is 18.2 Å². The van der Waals surface area contributed by atoms with Gasteiger partial charge in [-0.15, -0.1) is 24.0 Å². The van der Waals surface area contributed by atoms with E-state index in [0.29, 0.717) is 38.4 Å². The molecule has 1 aliphatic rings. The Balaban J connectivity index is 0.00000363. The van der Waals surface area contributed by atoms with Crippen LogP contribution in [0.25, 0.3) is 0 Å². The molecule has 8 heteroatoms. The standard InChI is InChI=1S/C24H31FN4O2.HI/c1-26-24(28(2)16-17-31-22-11-9-21(25)10-12-22)27-14-5-8-23(30)29-15-13-19-6-3-4-7-20(19)18-29;/h3-4,6-7,9-12H,5,8,13-18H2,1-2H3,(H,26,27);1H. The predicted molar refractivity (Wildman–Crippen MR) is 136 cm³/mol. The predicted octanol–water partition coefficient (Wildman–Crippen LogP) is 3.69. The minimum atomic E-state index is -0.280. The number of hydrogen-bond donors (Lipinski definition) is 1. The third-order valence-electron chi connectivity index (χ3n) is 5.42. The summed E-state index contributed by atoms with van der Waals surface area (Å²) in [5.74, 6) is 1.31. The summed E-state index contributed by atoms with van der Waals surface area (Å²) in [5, 5.41) is 3.30. The van der Waals surface area contributed by atoms with Crippen LogP contribution in [-0.2, 0) is 17.8 Å². The van der Waals surface area contributed by atoms with E-state index in [1.54, 1.807) is 19.2 Å². The Hall–Kier alpha value is -2.36. The molecule has 0 radical (unpaired) electrons. The summed E-state index contributed by atoms with van der Waals surface area (Å²) in [7, 11) is 3.66. The van der Waals surface area contributed by atoms with Gasteiger partial charge >= 0.3 is 0 Å². The molecule has 0 bridgehead atoms. The van der Waals surface area contributed by atoms with Crippen molar-refractivity contribution in [2.45, 2.75) is 25.8 Å². The van der Waals surface area contributed by atoms with Gasteiger partial charge in [-0.25, -0.2) is 4.39 Å². The highest BCUT2D eigenvalue weighted by Gasteiger charge is 2.19. The quantitative estimate of drug-likeness (QED) is 0.234. The second-order valence-corrected chi connectivity index (χ2v) is 7.64. The van der Waals surface area contributed by atoms with E-state index < -0.39 is 0 Å². The first kappa shape index (κ1) is 25.9. The molecular weight excluding hydrogens is 522 g/mol. The zero-order chi connectivity index (χ0) is 22.1. The number of amides is 1. The van der Waals surface area contributed by atoms with Crippen molar-refractivity contribution in [1.29, 1.82) is 0 Å². The van der Waals surface area contributed by atoms with E-state index in [1.807, 2.05) is 22.9 Å². The Kier molecular flexibility index (Phi) is 10.7. The first-order valence-corrected chi connectivity index (χ1v) is 10.7. The number of guanidine groups is 1. The number of carbonyl (C=O) groups excluding carboxylic acids is 1. The van der Waals surface area contributed by atoms with Gasteiger partial charge in [0.15, 0.2) is 5.96 Å². The van der Waals surface area contributed by atoms with Gasteiger partial charge in [0.05, 0.1) is 6.54 Å². The number of benzene rings is 2. The summed E-state index contributed by atoms with van der Waals surface area (Å²) in [6, 6.07) is 14.3. The fourth-order valence-corrected chi connectivity index (χ4v) is 3.63. The lowest BCUT2D eigenvalue weighted by Gasteiger charge is -2.29. The topological polar surface area (TPSA) is 57.2 Å². The fourth-order valence-electron chi connectivity index (χ4n) is 3.63. The Morgan fingerprint density at radius 2 is 1.91 bits per heavy atom. The summed E-state index contributed by atoms with van der Waals surface area (Å²) >= 11 is 0. The third kappa shape index (κ3) is 7.65. The van der Waals surface area contributed by atoms with Crippen LogP contribution in [0, 0.1) is 5.82 Å². The van der Waals surface area contributed by atoms with E-state index >= 15 is 0 Å². The summed E-state index contributed by atoms with van der Waals surface area (Å²) in [5.41, 5.74) is 2.61. The number of nitrogens with one attached hydrogen (secondary N) is 1. The maximum Gasteiger partial charge on any atom is 0.222 e. The molecule has 0 aromatic heterocycles. The average molecular weight is 554 g/mol. The zero-order valence-electron chi connectivity index (χ0n) is 18.7. The summed E-state index contributed by atoms with van der Waals surface area (Å²) < 4.78 is 18.6. The molecule has 1 heterocycles. The number of ether oxygens (including phenoxy) is 1. The number of hydrogen-bond acceptors (Lipinski definition) is 3. The zero-order valence-corrected chi connectivity index (χ0v) is 21.1. The van der Waals surface area contributed by atoms with Crippen LogP contribution < -0.4 is 10.1 Å². The number of likely N-dealkylation sites (N-methyl/N-ethyl adjacent to an activating group) is 1. The maximum atomic E-state index is 12.9. The Morgan fingerprint density at radius 1 is 1.19 bits per heavy atom. The van der Waals surface area contributed by atoms with Crippen LogP contribution in [0.5, 0.6) is 5.75 Å². The molecule has 32 heavy (non-hydrogen) atoms. The van der Waals surface area contributed by atoms with Gasteiger partial charge in [-0.3, -0.25) is 9.79 Å². The molecule has 0 unspecified atom stereocenters. The van der Waals surface area contributed by atoms with Crippen molar-refractivity contribution in [3.8, 4) is 5.75 Å². The molecule has 2 aromatic rings. The fraction of sp³-hybridized carbons (Fsp3) is 0.417. The molecule has 174 valence electrons. The van der Waals surface area contributed by atoms with E-state index in [2.05, 4.69) is 28.5 Å². The van der Waals surface area contributed by atoms with Gasteiger partial charge in [0.2, 0.25) is 5.91 Å². The minimum absolute atomic E-state index is 0. The first-order chi connectivity index (χ1) is 15.1. The monoisotopic (exact) mass is 554 g/mol. The molecule has 0 spiro atoms. The van der Waals surface area contributed by atoms with Gasteiger partial charge in [-0.05, 0) is 48.2 Å². The van der Waals surface area contributed by atoms with E-state index in [-0.39, 0.29) is 35.7 Å². The van der Waals surface area contributed by atoms with Gasteiger partial charge < -0.3 is 19.9 Å². The number of rotatable bonds is 8. The second kappa shape index (κ2) is 13.2. The Bertz CT molecular complexity index is 892. The molecule has 0 atom stereocenters. The largest absolute Gasteiger partial charge is 0.492 e. The molecule has 0 saturated heterocycles. The highest BCUT2D eigenvalue weighted by atomic mass is 127. The van der Waals surface area contributed by atoms with Crippen molar-refractivity contribution in [2.75, 3.05) is 40.3 Å². The van der Waals surface area contributed by atoms with Gasteiger partial charge in [-0.2, -0.15) is 0 Å². The molecule has 0 saturated carbocycles. The normalized spacial score (nSPS) is 13.1. The number of aliphatic imine (C=N–C) groups is 1. The van der Waals surface area contributed by atoms with Crippen molar-refractivity contribution < 1.29 is 13.9 Å². The smallest absolute Gasteiger partial charge is 0.222 e. The second-order valence-electron chi connectivity index (χ2n) is 7.64. The van der Waals surface area contributed by atoms with Crippen molar-refractivity contribution in [1.82, 2.24) is 15.1 Å². The van der Waals surface area contributed by atoms with E-state index in [4.69, 9.17) is 4.74 Å². The molecular formula is C24H32FIN4O2. The molecule has 1 N–H and O–H groups in total. The van der Waals surface area contributed by atoms with Crippen LogP contribution in [0.2, 0.25) is 0 Å². The Labute approximate surface area is 206 Å². The van der Waals surface area contributed by atoms with Crippen LogP contribution in [0.3, 0.4) is 0 Å². The summed E-state index contributed by atoms with van der Waals surface area (Å²) in [4.78, 5) is 20.8. The van der Waals surface area contributed by atoms with Crippen LogP contribution in [0.1, 0.15) is 24.0 Å². The SMILES string of the molecule is CN=C(NCCCC(=O)N1CCc2ccccc2C1)N(C)CCOc1ccc(F)cc1.I. The maximum absolute atomic E-state index is 12.9. The molecule has 6 nitrogen and oxygen atoms in total. The van der Waals surface area contributed by atoms with Gasteiger partial charge in [0, 0.05) is 40.2 Å². The van der Waals surface area contributed by atoms with E-state index in [1.165, 1.54) is 23.3 Å². The first-order valence-electron chi connectivity index (χ1n) is 10.7. The van der Waals surface area contributed by atoms with Crippen molar-refractivity contribution in [3.63, 3.8) is 0 Å². The minimum Gasteiger partial charge on any atom is -0.492 e. The third-order valence-corrected chi connectivity index (χ3v) is 5.42. The Morgan fingerprint density at radius 3 is 2.62 bits per heavy atom. The van der Waals surface area contributed by atoms with Crippen molar-refractivity contribution in [3.05, 3.63) is 65.5 Å². The average Bonchev–Trinajstić information content (AvgIpc) is 2.79. The lowest BCUT2D eigenvalue weighted by Crippen LogP contribution is -2.41. The summed E-state index contributed by atoms with van der Waals surface area (Å²) in [6.07, 6.45) is 2.19. The van der Waals surface area contributed by atoms with Crippen LogP contribution in [0.4, 0.5) is 4.39 Å². The number of fused-ring (bicyclic) bond motifs is 1. The number of halogens is 2. The number of nitrogens with zero attached hydrogens (tertiary/aromatic N) is 3. The molecule has 0 fully saturated rings. The molecule has 1 aliphatic heterocycles. The molecule has 0 aliphatic carbocycles. The number of carbonyl (C=O) groups is 1.